The molecule has 0 saturated heterocycles. The number of carbonyl (C=O) groups is 2. The van der Waals surface area contributed by atoms with Gasteiger partial charge in [-0.2, -0.15) is 0 Å². The van der Waals surface area contributed by atoms with Gasteiger partial charge in [0, 0.05) is 53.9 Å². The van der Waals surface area contributed by atoms with E-state index in [0.717, 1.165) is 40.3 Å². The van der Waals surface area contributed by atoms with E-state index in [0.29, 0.717) is 24.0 Å². The average Bonchev–Trinajstić information content (AvgIpc) is 3.55. The van der Waals surface area contributed by atoms with Gasteiger partial charge in [0.05, 0.1) is 0 Å². The number of nitrogens with two attached hydrogens (primary N) is 1. The molecule has 2 aromatic heterocycles. The van der Waals surface area contributed by atoms with E-state index in [-0.39, 0.29) is 5.91 Å². The van der Waals surface area contributed by atoms with Crippen LogP contribution < -0.4 is 16.4 Å². The van der Waals surface area contributed by atoms with E-state index in [4.69, 9.17) is 5.73 Å². The van der Waals surface area contributed by atoms with Crippen LogP contribution in [0.2, 0.25) is 0 Å². The van der Waals surface area contributed by atoms with Crippen LogP contribution in [-0.2, 0) is 9.59 Å². The number of nitrogens with zero attached hydrogens (tertiary/aromatic N) is 2. The SMILES string of the molecule is Cc1ccncc1-c1cc(N)c2cnc(NC(=O)/C=C/C(=O)NCC3CC3)cc2c1. The fourth-order valence-electron chi connectivity index (χ4n) is 3.22. The van der Waals surface area contributed by atoms with Crippen molar-refractivity contribution in [3.05, 3.63) is 60.6 Å². The lowest BCUT2D eigenvalue weighted by Gasteiger charge is -2.10. The normalized spacial score (nSPS) is 13.5. The van der Waals surface area contributed by atoms with Crippen molar-refractivity contribution >= 4 is 34.1 Å². The fourth-order valence-corrected chi connectivity index (χ4v) is 3.22. The summed E-state index contributed by atoms with van der Waals surface area (Å²) in [5.74, 6) is 0.282. The largest absolute Gasteiger partial charge is 0.398 e. The Labute approximate surface area is 174 Å². The van der Waals surface area contributed by atoms with Crippen LogP contribution in [0.15, 0.2) is 55.0 Å². The molecule has 7 nitrogen and oxygen atoms in total. The summed E-state index contributed by atoms with van der Waals surface area (Å²) in [6, 6.07) is 7.60. The van der Waals surface area contributed by atoms with Gasteiger partial charge in [-0.05, 0) is 66.5 Å². The maximum Gasteiger partial charge on any atom is 0.249 e. The second kappa shape index (κ2) is 8.32. The number of carbonyl (C=O) groups excluding carboxylic acids is 2. The molecule has 0 aliphatic heterocycles. The fraction of sp³-hybridized carbons (Fsp3) is 0.217. The van der Waals surface area contributed by atoms with Crippen molar-refractivity contribution in [2.75, 3.05) is 17.6 Å². The Morgan fingerprint density at radius 2 is 1.97 bits per heavy atom. The number of hydrogen-bond acceptors (Lipinski definition) is 5. The van der Waals surface area contributed by atoms with Crippen molar-refractivity contribution < 1.29 is 9.59 Å². The monoisotopic (exact) mass is 401 g/mol. The van der Waals surface area contributed by atoms with E-state index in [9.17, 15) is 9.59 Å². The van der Waals surface area contributed by atoms with Crippen molar-refractivity contribution in [2.45, 2.75) is 19.8 Å². The predicted molar refractivity (Wildman–Crippen MR) is 118 cm³/mol. The van der Waals surface area contributed by atoms with E-state index >= 15 is 0 Å². The number of anilines is 2. The Bertz CT molecular complexity index is 1150. The minimum absolute atomic E-state index is 0.271. The smallest absolute Gasteiger partial charge is 0.249 e. The molecule has 4 rings (SSSR count). The summed E-state index contributed by atoms with van der Waals surface area (Å²) in [5.41, 5.74) is 9.86. The molecule has 1 aromatic carbocycles. The zero-order chi connectivity index (χ0) is 21.1. The summed E-state index contributed by atoms with van der Waals surface area (Å²) in [7, 11) is 0. The van der Waals surface area contributed by atoms with Gasteiger partial charge in [-0.1, -0.05) is 0 Å². The van der Waals surface area contributed by atoms with Crippen molar-refractivity contribution in [3.63, 3.8) is 0 Å². The van der Waals surface area contributed by atoms with Gasteiger partial charge in [-0.3, -0.25) is 14.6 Å². The zero-order valence-electron chi connectivity index (χ0n) is 16.7. The Hall–Kier alpha value is -3.74. The molecule has 2 amide bonds. The summed E-state index contributed by atoms with van der Waals surface area (Å²) in [4.78, 5) is 32.3. The first kappa shape index (κ1) is 19.6. The Kier molecular flexibility index (Phi) is 5.43. The van der Waals surface area contributed by atoms with Gasteiger partial charge in [0.15, 0.2) is 0 Å². The summed E-state index contributed by atoms with van der Waals surface area (Å²) < 4.78 is 0. The molecular formula is C23H23N5O2. The second-order valence-corrected chi connectivity index (χ2v) is 7.56. The van der Waals surface area contributed by atoms with E-state index in [1.54, 1.807) is 24.7 Å². The van der Waals surface area contributed by atoms with Crippen LogP contribution in [0, 0.1) is 12.8 Å². The minimum atomic E-state index is -0.421. The highest BCUT2D eigenvalue weighted by Crippen LogP contribution is 2.31. The lowest BCUT2D eigenvalue weighted by Crippen LogP contribution is -2.23. The van der Waals surface area contributed by atoms with Crippen LogP contribution in [0.1, 0.15) is 18.4 Å². The number of aryl methyl sites for hydroxylation is 1. The van der Waals surface area contributed by atoms with Gasteiger partial charge in [-0.15, -0.1) is 0 Å². The summed E-state index contributed by atoms with van der Waals surface area (Å²) in [6.07, 6.45) is 9.94. The number of nitrogen functional groups attached to an aromatic ring is 1. The van der Waals surface area contributed by atoms with Crippen LogP contribution in [-0.4, -0.2) is 28.3 Å². The van der Waals surface area contributed by atoms with Crippen molar-refractivity contribution in [2.24, 2.45) is 5.92 Å². The lowest BCUT2D eigenvalue weighted by atomic mass is 9.99. The molecule has 30 heavy (non-hydrogen) atoms. The number of nitrogens with one attached hydrogen (secondary N) is 2. The number of hydrogen-bond donors (Lipinski definition) is 3. The first-order valence-corrected chi connectivity index (χ1v) is 9.87. The van der Waals surface area contributed by atoms with Gasteiger partial charge in [-0.25, -0.2) is 4.98 Å². The summed E-state index contributed by atoms with van der Waals surface area (Å²) in [5, 5.41) is 7.12. The van der Waals surface area contributed by atoms with Gasteiger partial charge < -0.3 is 16.4 Å². The number of aromatic nitrogens is 2. The van der Waals surface area contributed by atoms with Crippen LogP contribution >= 0.6 is 0 Å². The van der Waals surface area contributed by atoms with Crippen molar-refractivity contribution in [1.82, 2.24) is 15.3 Å². The Balaban J connectivity index is 1.51. The van der Waals surface area contributed by atoms with Gasteiger partial charge in [0.25, 0.3) is 0 Å². The molecule has 2 heterocycles. The molecule has 0 bridgehead atoms. The molecule has 1 aliphatic rings. The molecule has 4 N–H and O–H groups in total. The highest BCUT2D eigenvalue weighted by molar-refractivity contribution is 6.04. The first-order valence-electron chi connectivity index (χ1n) is 9.87. The van der Waals surface area contributed by atoms with Gasteiger partial charge >= 0.3 is 0 Å². The molecule has 0 atom stereocenters. The third kappa shape index (κ3) is 4.63. The van der Waals surface area contributed by atoms with Crippen LogP contribution in [0.5, 0.6) is 0 Å². The molecule has 0 radical (unpaired) electrons. The molecular weight excluding hydrogens is 378 g/mol. The van der Waals surface area contributed by atoms with E-state index in [1.165, 1.54) is 12.2 Å². The Morgan fingerprint density at radius 1 is 1.17 bits per heavy atom. The molecule has 1 aliphatic carbocycles. The summed E-state index contributed by atoms with van der Waals surface area (Å²) >= 11 is 0. The zero-order valence-corrected chi connectivity index (χ0v) is 16.7. The molecule has 1 fully saturated rings. The standard InChI is InChI=1S/C23H23N5O2/c1-14-6-7-25-12-18(14)16-8-17-10-21(26-13-19(17)20(24)9-16)28-23(30)5-4-22(29)27-11-15-2-3-15/h4-10,12-13,15H,2-3,11,24H2,1H3,(H,27,29)(H,26,28,30)/b5-4+. The second-order valence-electron chi connectivity index (χ2n) is 7.56. The molecule has 1 saturated carbocycles. The molecule has 0 unspecified atom stereocenters. The molecule has 0 spiro atoms. The average molecular weight is 401 g/mol. The van der Waals surface area contributed by atoms with Crippen LogP contribution in [0.4, 0.5) is 11.5 Å². The topological polar surface area (TPSA) is 110 Å². The first-order chi connectivity index (χ1) is 14.5. The van der Waals surface area contributed by atoms with Gasteiger partial charge in [0.1, 0.15) is 5.82 Å². The van der Waals surface area contributed by atoms with Crippen molar-refractivity contribution in [3.8, 4) is 11.1 Å². The maximum atomic E-state index is 12.2. The third-order valence-electron chi connectivity index (χ3n) is 5.12. The number of pyridine rings is 2. The number of rotatable bonds is 6. The Morgan fingerprint density at radius 3 is 2.73 bits per heavy atom. The maximum absolute atomic E-state index is 12.2. The molecule has 3 aromatic rings. The third-order valence-corrected chi connectivity index (χ3v) is 5.12. The van der Waals surface area contributed by atoms with E-state index in [2.05, 4.69) is 20.6 Å². The van der Waals surface area contributed by atoms with Crippen molar-refractivity contribution in [1.29, 1.82) is 0 Å². The van der Waals surface area contributed by atoms with E-state index < -0.39 is 5.91 Å². The predicted octanol–water partition coefficient (Wildman–Crippen LogP) is 3.21. The van der Waals surface area contributed by atoms with E-state index in [1.807, 2.05) is 25.1 Å². The van der Waals surface area contributed by atoms with Crippen LogP contribution in [0.25, 0.3) is 21.9 Å². The minimum Gasteiger partial charge on any atom is -0.398 e. The van der Waals surface area contributed by atoms with Crippen LogP contribution in [0.3, 0.4) is 0 Å². The highest BCUT2D eigenvalue weighted by atomic mass is 16.2. The number of fused-ring (bicyclic) bond motifs is 1. The number of amides is 2. The molecule has 152 valence electrons. The van der Waals surface area contributed by atoms with Gasteiger partial charge in [0.2, 0.25) is 11.8 Å². The summed E-state index contributed by atoms with van der Waals surface area (Å²) in [6.45, 7) is 2.68. The lowest BCUT2D eigenvalue weighted by molar-refractivity contribution is -0.117. The highest BCUT2D eigenvalue weighted by Gasteiger charge is 2.21. The molecule has 7 heteroatoms. The number of benzene rings is 1. The quantitative estimate of drug-likeness (QED) is 0.434.